The molecule has 0 bridgehead atoms. The SMILES string of the molecule is COc1cccc2c(CO)n(C(C)C)nc12. The molecule has 1 heterocycles. The minimum atomic E-state index is -0.0121. The fourth-order valence-corrected chi connectivity index (χ4v) is 1.90. The van der Waals surface area contributed by atoms with Crippen LogP contribution < -0.4 is 4.74 Å². The van der Waals surface area contributed by atoms with Crippen LogP contribution in [0.5, 0.6) is 5.75 Å². The maximum atomic E-state index is 9.42. The summed E-state index contributed by atoms with van der Waals surface area (Å²) in [5, 5.41) is 14.9. The highest BCUT2D eigenvalue weighted by atomic mass is 16.5. The van der Waals surface area contributed by atoms with E-state index < -0.39 is 0 Å². The highest BCUT2D eigenvalue weighted by molar-refractivity contribution is 5.87. The van der Waals surface area contributed by atoms with Gasteiger partial charge in [-0.05, 0) is 19.9 Å². The van der Waals surface area contributed by atoms with E-state index in [1.54, 1.807) is 7.11 Å². The second-order valence-corrected chi connectivity index (χ2v) is 4.00. The second kappa shape index (κ2) is 4.14. The minimum Gasteiger partial charge on any atom is -0.494 e. The molecule has 1 aromatic carbocycles. The van der Waals surface area contributed by atoms with E-state index in [1.807, 2.05) is 36.7 Å². The van der Waals surface area contributed by atoms with E-state index in [9.17, 15) is 5.11 Å². The van der Waals surface area contributed by atoms with E-state index in [0.717, 1.165) is 22.3 Å². The first-order valence-corrected chi connectivity index (χ1v) is 5.34. The third-order valence-corrected chi connectivity index (χ3v) is 2.65. The summed E-state index contributed by atoms with van der Waals surface area (Å²) in [6, 6.07) is 5.96. The topological polar surface area (TPSA) is 47.3 Å². The van der Waals surface area contributed by atoms with E-state index in [0.29, 0.717) is 0 Å². The predicted octanol–water partition coefficient (Wildman–Crippen LogP) is 2.12. The van der Waals surface area contributed by atoms with Gasteiger partial charge in [-0.1, -0.05) is 12.1 Å². The molecule has 0 saturated carbocycles. The van der Waals surface area contributed by atoms with Crippen molar-refractivity contribution in [2.45, 2.75) is 26.5 Å². The van der Waals surface area contributed by atoms with Gasteiger partial charge in [-0.2, -0.15) is 5.10 Å². The van der Waals surface area contributed by atoms with Crippen molar-refractivity contribution in [3.63, 3.8) is 0 Å². The molecule has 0 unspecified atom stereocenters. The molecule has 0 aliphatic heterocycles. The third-order valence-electron chi connectivity index (χ3n) is 2.65. The van der Waals surface area contributed by atoms with Crippen LogP contribution in [0.1, 0.15) is 25.6 Å². The van der Waals surface area contributed by atoms with Gasteiger partial charge in [0, 0.05) is 11.4 Å². The number of methoxy groups -OCH3 is 1. The number of benzene rings is 1. The van der Waals surface area contributed by atoms with Gasteiger partial charge >= 0.3 is 0 Å². The maximum absolute atomic E-state index is 9.42. The normalized spacial score (nSPS) is 11.3. The van der Waals surface area contributed by atoms with Crippen LogP contribution >= 0.6 is 0 Å². The van der Waals surface area contributed by atoms with E-state index in [2.05, 4.69) is 5.10 Å². The van der Waals surface area contributed by atoms with E-state index in [-0.39, 0.29) is 12.6 Å². The third kappa shape index (κ3) is 1.55. The van der Waals surface area contributed by atoms with E-state index >= 15 is 0 Å². The number of aromatic nitrogens is 2. The molecule has 0 aliphatic carbocycles. The van der Waals surface area contributed by atoms with Crippen LogP contribution in [0, 0.1) is 0 Å². The summed E-state index contributed by atoms with van der Waals surface area (Å²) in [6.45, 7) is 4.07. The number of nitrogens with zero attached hydrogens (tertiary/aromatic N) is 2. The van der Waals surface area contributed by atoms with Crippen LogP contribution in [0.2, 0.25) is 0 Å². The summed E-state index contributed by atoms with van der Waals surface area (Å²) in [7, 11) is 1.63. The molecule has 0 fully saturated rings. The summed E-state index contributed by atoms with van der Waals surface area (Å²) < 4.78 is 7.10. The number of fused-ring (bicyclic) bond motifs is 1. The van der Waals surface area contributed by atoms with Crippen LogP contribution in [0.4, 0.5) is 0 Å². The summed E-state index contributed by atoms with van der Waals surface area (Å²) in [4.78, 5) is 0. The molecule has 0 atom stereocenters. The van der Waals surface area contributed by atoms with Crippen molar-refractivity contribution >= 4 is 10.9 Å². The average molecular weight is 220 g/mol. The fraction of sp³-hybridized carbons (Fsp3) is 0.417. The number of aliphatic hydroxyl groups is 1. The lowest BCUT2D eigenvalue weighted by Gasteiger charge is -2.08. The molecule has 2 rings (SSSR count). The molecule has 86 valence electrons. The molecule has 16 heavy (non-hydrogen) atoms. The summed E-state index contributed by atoms with van der Waals surface area (Å²) in [6.07, 6.45) is 0. The van der Waals surface area contributed by atoms with Gasteiger partial charge in [0.05, 0.1) is 19.4 Å². The quantitative estimate of drug-likeness (QED) is 0.861. The predicted molar refractivity (Wildman–Crippen MR) is 62.6 cm³/mol. The smallest absolute Gasteiger partial charge is 0.146 e. The Kier molecular flexibility index (Phi) is 2.83. The Labute approximate surface area is 94.5 Å². The van der Waals surface area contributed by atoms with Gasteiger partial charge in [-0.15, -0.1) is 0 Å². The number of hydrogen-bond acceptors (Lipinski definition) is 3. The van der Waals surface area contributed by atoms with Crippen molar-refractivity contribution in [3.05, 3.63) is 23.9 Å². The second-order valence-electron chi connectivity index (χ2n) is 4.00. The minimum absolute atomic E-state index is 0.0121. The summed E-state index contributed by atoms with van der Waals surface area (Å²) in [5.74, 6) is 0.742. The molecule has 4 nitrogen and oxygen atoms in total. The molecule has 1 N–H and O–H groups in total. The molecular formula is C12H16N2O2. The first-order chi connectivity index (χ1) is 7.69. The molecule has 0 spiro atoms. The van der Waals surface area contributed by atoms with Crippen LogP contribution in [-0.2, 0) is 6.61 Å². The number of ether oxygens (including phenoxy) is 1. The average Bonchev–Trinajstić information content (AvgIpc) is 2.67. The Morgan fingerprint density at radius 2 is 2.19 bits per heavy atom. The van der Waals surface area contributed by atoms with Gasteiger partial charge in [0.25, 0.3) is 0 Å². The lowest BCUT2D eigenvalue weighted by Crippen LogP contribution is -2.07. The van der Waals surface area contributed by atoms with Gasteiger partial charge in [0.1, 0.15) is 11.3 Å². The van der Waals surface area contributed by atoms with Gasteiger partial charge < -0.3 is 9.84 Å². The number of aliphatic hydroxyl groups excluding tert-OH is 1. The number of rotatable bonds is 3. The zero-order chi connectivity index (χ0) is 11.7. The van der Waals surface area contributed by atoms with Gasteiger partial charge in [0.15, 0.2) is 0 Å². The van der Waals surface area contributed by atoms with Gasteiger partial charge in [0.2, 0.25) is 0 Å². The largest absolute Gasteiger partial charge is 0.494 e. The van der Waals surface area contributed by atoms with E-state index in [1.165, 1.54) is 0 Å². The van der Waals surface area contributed by atoms with E-state index in [4.69, 9.17) is 4.74 Å². The van der Waals surface area contributed by atoms with Crippen molar-refractivity contribution in [3.8, 4) is 5.75 Å². The molecule has 0 saturated heterocycles. The Hall–Kier alpha value is -1.55. The molecule has 4 heteroatoms. The van der Waals surface area contributed by atoms with Gasteiger partial charge in [-0.3, -0.25) is 4.68 Å². The van der Waals surface area contributed by atoms with Gasteiger partial charge in [-0.25, -0.2) is 0 Å². The standard InChI is InChI=1S/C12H16N2O2/c1-8(2)14-10(7-15)9-5-4-6-11(16-3)12(9)13-14/h4-6,8,15H,7H2,1-3H3. The van der Waals surface area contributed by atoms with Crippen molar-refractivity contribution in [2.75, 3.05) is 7.11 Å². The highest BCUT2D eigenvalue weighted by Gasteiger charge is 2.15. The molecular weight excluding hydrogens is 204 g/mol. The molecule has 0 radical (unpaired) electrons. The lowest BCUT2D eigenvalue weighted by atomic mass is 10.2. The first-order valence-electron chi connectivity index (χ1n) is 5.34. The van der Waals surface area contributed by atoms with Crippen LogP contribution in [0.15, 0.2) is 18.2 Å². The van der Waals surface area contributed by atoms with Crippen molar-refractivity contribution in [2.24, 2.45) is 0 Å². The van der Waals surface area contributed by atoms with Crippen LogP contribution in [-0.4, -0.2) is 22.0 Å². The first kappa shape index (κ1) is 11.0. The van der Waals surface area contributed by atoms with Crippen LogP contribution in [0.3, 0.4) is 0 Å². The Morgan fingerprint density at radius 1 is 1.44 bits per heavy atom. The Bertz CT molecular complexity index is 503. The number of hydrogen-bond donors (Lipinski definition) is 1. The fourth-order valence-electron chi connectivity index (χ4n) is 1.90. The molecule has 1 aromatic heterocycles. The van der Waals surface area contributed by atoms with Crippen molar-refractivity contribution in [1.29, 1.82) is 0 Å². The summed E-state index contributed by atoms with van der Waals surface area (Å²) >= 11 is 0. The molecule has 2 aromatic rings. The van der Waals surface area contributed by atoms with Crippen LogP contribution in [0.25, 0.3) is 10.9 Å². The molecule has 0 amide bonds. The Morgan fingerprint density at radius 3 is 2.75 bits per heavy atom. The lowest BCUT2D eigenvalue weighted by molar-refractivity contribution is 0.266. The van der Waals surface area contributed by atoms with Crippen molar-refractivity contribution < 1.29 is 9.84 Å². The Balaban J connectivity index is 2.75. The zero-order valence-corrected chi connectivity index (χ0v) is 9.77. The highest BCUT2D eigenvalue weighted by Crippen LogP contribution is 2.28. The summed E-state index contributed by atoms with van der Waals surface area (Å²) in [5.41, 5.74) is 1.65. The zero-order valence-electron chi connectivity index (χ0n) is 9.77. The maximum Gasteiger partial charge on any atom is 0.146 e. The van der Waals surface area contributed by atoms with Crippen molar-refractivity contribution in [1.82, 2.24) is 9.78 Å². The monoisotopic (exact) mass is 220 g/mol. The molecule has 0 aliphatic rings.